The van der Waals surface area contributed by atoms with Crippen LogP contribution in [0, 0.1) is 5.92 Å². The number of nitrogens with one attached hydrogen (secondary N) is 1. The lowest BCUT2D eigenvalue weighted by Gasteiger charge is -2.30. The SMILES string of the molecule is COc1ccc(S(=O)(=O)N2CCOCC2)cc1NC(=O)C1CCN(S(=O)(=O)Cc2ccc(Br)cc2)CC1. The normalized spacial score (nSPS) is 18.4. The molecule has 4 rings (SSSR count). The third-order valence-electron chi connectivity index (χ3n) is 6.52. The zero-order valence-electron chi connectivity index (χ0n) is 20.4. The smallest absolute Gasteiger partial charge is 0.243 e. The summed E-state index contributed by atoms with van der Waals surface area (Å²) in [5, 5.41) is 2.80. The number of nitrogens with zero attached hydrogens (tertiary/aromatic N) is 2. The van der Waals surface area contributed by atoms with Crippen LogP contribution in [0.25, 0.3) is 0 Å². The highest BCUT2D eigenvalue weighted by molar-refractivity contribution is 9.10. The van der Waals surface area contributed by atoms with Crippen LogP contribution in [0.15, 0.2) is 51.8 Å². The van der Waals surface area contributed by atoms with E-state index in [1.54, 1.807) is 24.3 Å². The molecule has 2 aromatic carbocycles. The number of ether oxygens (including phenoxy) is 2. The molecule has 0 saturated carbocycles. The average Bonchev–Trinajstić information content (AvgIpc) is 2.90. The van der Waals surface area contributed by atoms with Crippen molar-refractivity contribution in [1.29, 1.82) is 0 Å². The molecule has 0 unspecified atom stereocenters. The Labute approximate surface area is 226 Å². The van der Waals surface area contributed by atoms with Gasteiger partial charge >= 0.3 is 0 Å². The van der Waals surface area contributed by atoms with Gasteiger partial charge in [0.2, 0.25) is 26.0 Å². The minimum Gasteiger partial charge on any atom is -0.495 e. The first kappa shape index (κ1) is 28.0. The Kier molecular flexibility index (Phi) is 8.92. The molecule has 1 amide bonds. The molecule has 2 aromatic rings. The quantitative estimate of drug-likeness (QED) is 0.484. The highest BCUT2D eigenvalue weighted by Crippen LogP contribution is 2.31. The molecule has 0 bridgehead atoms. The molecule has 202 valence electrons. The Balaban J connectivity index is 1.40. The van der Waals surface area contributed by atoms with E-state index in [-0.39, 0.29) is 48.4 Å². The number of rotatable bonds is 8. The number of piperidine rings is 1. The summed E-state index contributed by atoms with van der Waals surface area (Å²) in [5.74, 6) is -0.477. The summed E-state index contributed by atoms with van der Waals surface area (Å²) in [7, 11) is -5.83. The Morgan fingerprint density at radius 2 is 1.65 bits per heavy atom. The van der Waals surface area contributed by atoms with E-state index in [9.17, 15) is 21.6 Å². The summed E-state index contributed by atoms with van der Waals surface area (Å²) in [5.41, 5.74) is 0.953. The zero-order chi connectivity index (χ0) is 26.6. The molecule has 10 nitrogen and oxygen atoms in total. The van der Waals surface area contributed by atoms with E-state index >= 15 is 0 Å². The van der Waals surface area contributed by atoms with Crippen LogP contribution >= 0.6 is 15.9 Å². The monoisotopic (exact) mass is 615 g/mol. The van der Waals surface area contributed by atoms with Gasteiger partial charge in [0.05, 0.1) is 36.7 Å². The number of morpholine rings is 1. The maximum Gasteiger partial charge on any atom is 0.243 e. The van der Waals surface area contributed by atoms with Crippen LogP contribution in [-0.4, -0.2) is 77.9 Å². The summed E-state index contributed by atoms with van der Waals surface area (Å²) in [6.07, 6.45) is 0.721. The fourth-order valence-electron chi connectivity index (χ4n) is 4.39. The minimum atomic E-state index is -3.75. The van der Waals surface area contributed by atoms with Crippen molar-refractivity contribution in [2.45, 2.75) is 23.5 Å². The molecule has 0 radical (unpaired) electrons. The zero-order valence-corrected chi connectivity index (χ0v) is 23.6. The molecule has 0 aliphatic carbocycles. The van der Waals surface area contributed by atoms with E-state index in [0.717, 1.165) is 4.47 Å². The number of carbonyl (C=O) groups is 1. The van der Waals surface area contributed by atoms with Gasteiger partial charge in [0.25, 0.3) is 0 Å². The van der Waals surface area contributed by atoms with Gasteiger partial charge in [-0.1, -0.05) is 28.1 Å². The maximum atomic E-state index is 13.1. The molecule has 0 aromatic heterocycles. The number of anilines is 1. The van der Waals surface area contributed by atoms with Gasteiger partial charge in [0, 0.05) is 36.6 Å². The Bertz CT molecular complexity index is 1320. The lowest BCUT2D eigenvalue weighted by molar-refractivity contribution is -0.120. The van der Waals surface area contributed by atoms with E-state index < -0.39 is 26.0 Å². The minimum absolute atomic E-state index is 0.0550. The van der Waals surface area contributed by atoms with Gasteiger partial charge in [0.15, 0.2) is 0 Å². The van der Waals surface area contributed by atoms with Crippen molar-refractivity contribution in [2.75, 3.05) is 51.8 Å². The van der Waals surface area contributed by atoms with E-state index in [4.69, 9.17) is 9.47 Å². The topological polar surface area (TPSA) is 122 Å². The van der Waals surface area contributed by atoms with Crippen LogP contribution in [0.2, 0.25) is 0 Å². The standard InChI is InChI=1S/C24H30BrN3O7S2/c1-34-23-7-6-21(37(32,33)28-12-14-35-15-13-28)16-22(23)26-24(29)19-8-10-27(11-9-19)36(30,31)17-18-2-4-20(25)5-3-18/h2-7,16,19H,8-15,17H2,1H3,(H,26,29). The first-order valence-corrected chi connectivity index (χ1v) is 15.7. The summed E-state index contributed by atoms with van der Waals surface area (Å²) in [6, 6.07) is 11.5. The number of amides is 1. The number of sulfonamides is 2. The highest BCUT2D eigenvalue weighted by Gasteiger charge is 2.32. The molecule has 1 N–H and O–H groups in total. The molecule has 2 aliphatic rings. The van der Waals surface area contributed by atoms with E-state index in [1.807, 2.05) is 0 Å². The second kappa shape index (κ2) is 11.8. The second-order valence-electron chi connectivity index (χ2n) is 8.92. The van der Waals surface area contributed by atoms with Crippen molar-refractivity contribution in [1.82, 2.24) is 8.61 Å². The highest BCUT2D eigenvalue weighted by atomic mass is 79.9. The molecule has 13 heteroatoms. The molecular weight excluding hydrogens is 586 g/mol. The molecule has 2 fully saturated rings. The first-order valence-electron chi connectivity index (χ1n) is 11.9. The van der Waals surface area contributed by atoms with Gasteiger partial charge in [-0.05, 0) is 48.7 Å². The van der Waals surface area contributed by atoms with Gasteiger partial charge in [-0.15, -0.1) is 0 Å². The number of halogens is 1. The third-order valence-corrected chi connectivity index (χ3v) is 10.8. The van der Waals surface area contributed by atoms with Gasteiger partial charge in [-0.25, -0.2) is 21.1 Å². The van der Waals surface area contributed by atoms with E-state index in [2.05, 4.69) is 21.2 Å². The van der Waals surface area contributed by atoms with E-state index in [0.29, 0.717) is 37.4 Å². The van der Waals surface area contributed by atoms with Gasteiger partial charge < -0.3 is 14.8 Å². The van der Waals surface area contributed by atoms with Crippen LogP contribution < -0.4 is 10.1 Å². The van der Waals surface area contributed by atoms with Crippen LogP contribution in [0.4, 0.5) is 5.69 Å². The molecular formula is C24H30BrN3O7S2. The average molecular weight is 617 g/mol. The molecule has 2 aliphatic heterocycles. The number of methoxy groups -OCH3 is 1. The summed E-state index contributed by atoms with van der Waals surface area (Å²) in [4.78, 5) is 13.1. The summed E-state index contributed by atoms with van der Waals surface area (Å²) in [6.45, 7) is 1.66. The number of benzene rings is 2. The van der Waals surface area contributed by atoms with Gasteiger partial charge in [0.1, 0.15) is 5.75 Å². The third kappa shape index (κ3) is 6.70. The lowest BCUT2D eigenvalue weighted by Crippen LogP contribution is -2.42. The molecule has 0 spiro atoms. The lowest BCUT2D eigenvalue weighted by atomic mass is 9.97. The fourth-order valence-corrected chi connectivity index (χ4v) is 7.66. The van der Waals surface area contributed by atoms with Crippen LogP contribution in [0.3, 0.4) is 0 Å². The van der Waals surface area contributed by atoms with Crippen LogP contribution in [0.1, 0.15) is 18.4 Å². The Hall–Kier alpha value is -2.03. The molecule has 2 heterocycles. The van der Waals surface area contributed by atoms with E-state index in [1.165, 1.54) is 33.9 Å². The van der Waals surface area contributed by atoms with Crippen molar-refractivity contribution in [3.63, 3.8) is 0 Å². The Morgan fingerprint density at radius 1 is 1.00 bits per heavy atom. The molecule has 0 atom stereocenters. The Morgan fingerprint density at radius 3 is 2.27 bits per heavy atom. The first-order chi connectivity index (χ1) is 17.6. The predicted molar refractivity (Wildman–Crippen MR) is 142 cm³/mol. The number of hydrogen-bond acceptors (Lipinski definition) is 7. The van der Waals surface area contributed by atoms with Crippen molar-refractivity contribution >= 4 is 47.6 Å². The number of carbonyl (C=O) groups excluding carboxylic acids is 1. The fraction of sp³-hybridized carbons (Fsp3) is 0.458. The summed E-state index contributed by atoms with van der Waals surface area (Å²) >= 11 is 3.34. The van der Waals surface area contributed by atoms with Crippen molar-refractivity contribution < 1.29 is 31.1 Å². The van der Waals surface area contributed by atoms with Gasteiger partial charge in [-0.2, -0.15) is 4.31 Å². The number of hydrogen-bond donors (Lipinski definition) is 1. The van der Waals surface area contributed by atoms with Crippen molar-refractivity contribution in [2.24, 2.45) is 5.92 Å². The van der Waals surface area contributed by atoms with Gasteiger partial charge in [-0.3, -0.25) is 4.79 Å². The predicted octanol–water partition coefficient (Wildman–Crippen LogP) is 2.66. The second-order valence-corrected chi connectivity index (χ2v) is 13.7. The largest absolute Gasteiger partial charge is 0.495 e. The van der Waals surface area contributed by atoms with Crippen LogP contribution in [0.5, 0.6) is 5.75 Å². The van der Waals surface area contributed by atoms with Crippen molar-refractivity contribution in [3.05, 3.63) is 52.5 Å². The summed E-state index contributed by atoms with van der Waals surface area (Å²) < 4.78 is 66.1. The van der Waals surface area contributed by atoms with Crippen LogP contribution in [-0.2, 0) is 35.3 Å². The molecule has 2 saturated heterocycles. The van der Waals surface area contributed by atoms with Crippen molar-refractivity contribution in [3.8, 4) is 5.75 Å². The molecule has 37 heavy (non-hydrogen) atoms. The maximum absolute atomic E-state index is 13.1.